The monoisotopic (exact) mass is 218 g/mol. The summed E-state index contributed by atoms with van der Waals surface area (Å²) in [7, 11) is 0. The van der Waals surface area contributed by atoms with E-state index in [2.05, 4.69) is 29.5 Å². The molecule has 4 nitrogen and oxygen atoms in total. The first kappa shape index (κ1) is 12.1. The molecule has 0 bridgehead atoms. The second kappa shape index (κ2) is 6.62. The first-order valence-electron chi connectivity index (χ1n) is 3.84. The molecule has 0 aromatic carbocycles. The summed E-state index contributed by atoms with van der Waals surface area (Å²) < 4.78 is 0. The molecule has 0 aromatic heterocycles. The van der Waals surface area contributed by atoms with E-state index in [1.165, 1.54) is 0 Å². The molecule has 0 aliphatic rings. The van der Waals surface area contributed by atoms with Gasteiger partial charge in [0.15, 0.2) is 10.2 Å². The zero-order valence-corrected chi connectivity index (χ0v) is 9.17. The molecule has 6 heteroatoms. The van der Waals surface area contributed by atoms with Gasteiger partial charge in [-0.1, -0.05) is 6.08 Å². The Morgan fingerprint density at radius 2 is 2.23 bits per heavy atom. The van der Waals surface area contributed by atoms with E-state index >= 15 is 0 Å². The summed E-state index contributed by atoms with van der Waals surface area (Å²) in [5, 5.41) is 5.35. The van der Waals surface area contributed by atoms with Crippen LogP contribution in [0.25, 0.3) is 0 Å². The van der Waals surface area contributed by atoms with Crippen LogP contribution in [0, 0.1) is 0 Å². The van der Waals surface area contributed by atoms with Gasteiger partial charge in [0.2, 0.25) is 0 Å². The van der Waals surface area contributed by atoms with Crippen molar-refractivity contribution < 1.29 is 0 Å². The summed E-state index contributed by atoms with van der Waals surface area (Å²) >= 11 is 9.74. The molecule has 0 saturated carbocycles. The van der Waals surface area contributed by atoms with Crippen LogP contribution in [0.1, 0.15) is 6.92 Å². The minimum atomic E-state index is 0.199. The van der Waals surface area contributed by atoms with Crippen LogP contribution in [0.2, 0.25) is 0 Å². The molecular formula is C7H14N4S2. The van der Waals surface area contributed by atoms with Gasteiger partial charge >= 0.3 is 0 Å². The van der Waals surface area contributed by atoms with E-state index in [1.807, 2.05) is 6.92 Å². The second-order valence-electron chi connectivity index (χ2n) is 2.20. The molecule has 0 radical (unpaired) electrons. The van der Waals surface area contributed by atoms with E-state index in [-0.39, 0.29) is 5.11 Å². The van der Waals surface area contributed by atoms with Crippen LogP contribution < -0.4 is 16.5 Å². The van der Waals surface area contributed by atoms with Crippen molar-refractivity contribution in [2.45, 2.75) is 6.92 Å². The molecule has 0 amide bonds. The quantitative estimate of drug-likeness (QED) is 0.355. The smallest absolute Gasteiger partial charge is 0.188 e. The van der Waals surface area contributed by atoms with E-state index < -0.39 is 0 Å². The molecule has 74 valence electrons. The van der Waals surface area contributed by atoms with Gasteiger partial charge in [-0.3, -0.25) is 10.4 Å². The van der Waals surface area contributed by atoms with Crippen molar-refractivity contribution in [3.8, 4) is 0 Å². The number of hydrogen-bond acceptors (Lipinski definition) is 2. The Labute approximate surface area is 89.1 Å². The lowest BCUT2D eigenvalue weighted by atomic mass is 10.6. The standard InChI is InChI=1S/C7H14N4S2/c1-3-5-9-7(13)11(4-2)10-6(8)12/h3H,1,4-5H2,2H3,(H,9,13)(H3,8,10,12). The average molecular weight is 218 g/mol. The van der Waals surface area contributed by atoms with Crippen LogP contribution in [0.3, 0.4) is 0 Å². The SMILES string of the molecule is C=CCNC(=S)N(CC)NC(N)=S. The molecule has 0 spiro atoms. The Balaban J connectivity index is 3.98. The van der Waals surface area contributed by atoms with E-state index in [1.54, 1.807) is 11.1 Å². The summed E-state index contributed by atoms with van der Waals surface area (Å²) in [6, 6.07) is 0. The third-order valence-corrected chi connectivity index (χ3v) is 1.66. The number of rotatable bonds is 3. The van der Waals surface area contributed by atoms with E-state index in [9.17, 15) is 0 Å². The summed E-state index contributed by atoms with van der Waals surface area (Å²) in [6.07, 6.45) is 1.72. The van der Waals surface area contributed by atoms with Crippen molar-refractivity contribution in [2.75, 3.05) is 13.1 Å². The predicted octanol–water partition coefficient (Wildman–Crippen LogP) is 0.117. The third-order valence-electron chi connectivity index (χ3n) is 1.20. The van der Waals surface area contributed by atoms with Gasteiger partial charge in [0.25, 0.3) is 0 Å². The van der Waals surface area contributed by atoms with Crippen LogP contribution in [-0.4, -0.2) is 28.3 Å². The molecule has 0 saturated heterocycles. The molecule has 0 rings (SSSR count). The molecule has 4 N–H and O–H groups in total. The molecule has 0 atom stereocenters. The van der Waals surface area contributed by atoms with Gasteiger partial charge in [-0.05, 0) is 31.4 Å². The number of nitrogens with two attached hydrogens (primary N) is 1. The summed E-state index contributed by atoms with van der Waals surface area (Å²) in [6.45, 7) is 6.81. The van der Waals surface area contributed by atoms with Gasteiger partial charge in [0.05, 0.1) is 0 Å². The minimum Gasteiger partial charge on any atom is -0.375 e. The molecule has 0 heterocycles. The van der Waals surface area contributed by atoms with Crippen molar-refractivity contribution in [1.82, 2.24) is 15.8 Å². The van der Waals surface area contributed by atoms with Crippen LogP contribution in [0.15, 0.2) is 12.7 Å². The third kappa shape index (κ3) is 5.37. The Hall–Kier alpha value is -0.880. The van der Waals surface area contributed by atoms with Crippen molar-refractivity contribution in [3.05, 3.63) is 12.7 Å². The molecule has 0 aliphatic carbocycles. The lowest BCUT2D eigenvalue weighted by Gasteiger charge is -2.24. The topological polar surface area (TPSA) is 53.3 Å². The number of hydrazine groups is 1. The van der Waals surface area contributed by atoms with Gasteiger partial charge in [-0.15, -0.1) is 6.58 Å². The number of nitrogens with one attached hydrogen (secondary N) is 2. The fourth-order valence-corrected chi connectivity index (χ4v) is 1.03. The van der Waals surface area contributed by atoms with Gasteiger partial charge in [-0.25, -0.2) is 0 Å². The van der Waals surface area contributed by atoms with Gasteiger partial charge in [0, 0.05) is 13.1 Å². The molecule has 0 fully saturated rings. The first-order valence-corrected chi connectivity index (χ1v) is 4.65. The zero-order valence-electron chi connectivity index (χ0n) is 7.54. The maximum absolute atomic E-state index is 5.31. The van der Waals surface area contributed by atoms with Crippen LogP contribution >= 0.6 is 24.4 Å². The lowest BCUT2D eigenvalue weighted by Crippen LogP contribution is -2.51. The molecule has 0 unspecified atom stereocenters. The highest BCUT2D eigenvalue weighted by Gasteiger charge is 2.05. The van der Waals surface area contributed by atoms with Gasteiger partial charge in [0.1, 0.15) is 0 Å². The second-order valence-corrected chi connectivity index (χ2v) is 3.02. The van der Waals surface area contributed by atoms with E-state index in [4.69, 9.17) is 18.0 Å². The van der Waals surface area contributed by atoms with Gasteiger partial charge < -0.3 is 11.1 Å². The minimum absolute atomic E-state index is 0.199. The highest BCUT2D eigenvalue weighted by molar-refractivity contribution is 7.80. The van der Waals surface area contributed by atoms with Crippen molar-refractivity contribution in [1.29, 1.82) is 0 Å². The highest BCUT2D eigenvalue weighted by Crippen LogP contribution is 1.84. The maximum Gasteiger partial charge on any atom is 0.188 e. The Morgan fingerprint density at radius 1 is 1.62 bits per heavy atom. The van der Waals surface area contributed by atoms with Crippen LogP contribution in [0.4, 0.5) is 0 Å². The number of thiocarbonyl (C=S) groups is 2. The fraction of sp³-hybridized carbons (Fsp3) is 0.429. The molecule has 0 aliphatic heterocycles. The van der Waals surface area contributed by atoms with Crippen molar-refractivity contribution in [3.63, 3.8) is 0 Å². The van der Waals surface area contributed by atoms with Gasteiger partial charge in [-0.2, -0.15) is 0 Å². The lowest BCUT2D eigenvalue weighted by molar-refractivity contribution is 0.392. The maximum atomic E-state index is 5.31. The summed E-state index contributed by atoms with van der Waals surface area (Å²) in [5.74, 6) is 0. The van der Waals surface area contributed by atoms with Crippen molar-refractivity contribution in [2.24, 2.45) is 5.73 Å². The number of hydrogen-bond donors (Lipinski definition) is 3. The normalized spacial score (nSPS) is 8.69. The summed E-state index contributed by atoms with van der Waals surface area (Å²) in [4.78, 5) is 0. The first-order chi connectivity index (χ1) is 6.11. The predicted molar refractivity (Wildman–Crippen MR) is 63.1 cm³/mol. The number of nitrogens with zero attached hydrogens (tertiary/aromatic N) is 1. The summed E-state index contributed by atoms with van der Waals surface area (Å²) in [5.41, 5.74) is 8.05. The Kier molecular flexibility index (Phi) is 6.17. The molecular weight excluding hydrogens is 204 g/mol. The Morgan fingerprint density at radius 3 is 2.62 bits per heavy atom. The zero-order chi connectivity index (χ0) is 10.3. The highest BCUT2D eigenvalue weighted by atomic mass is 32.1. The van der Waals surface area contributed by atoms with Crippen LogP contribution in [0.5, 0.6) is 0 Å². The molecule has 0 aromatic rings. The molecule has 13 heavy (non-hydrogen) atoms. The fourth-order valence-electron chi connectivity index (χ4n) is 0.661. The van der Waals surface area contributed by atoms with Crippen LogP contribution in [-0.2, 0) is 0 Å². The van der Waals surface area contributed by atoms with E-state index in [0.717, 1.165) is 0 Å². The average Bonchev–Trinajstić information content (AvgIpc) is 2.09. The van der Waals surface area contributed by atoms with E-state index in [0.29, 0.717) is 18.2 Å². The van der Waals surface area contributed by atoms with Crippen molar-refractivity contribution >= 4 is 34.7 Å². The Bertz CT molecular complexity index is 205. The largest absolute Gasteiger partial charge is 0.375 e.